The summed E-state index contributed by atoms with van der Waals surface area (Å²) in [6.07, 6.45) is 7.37. The highest BCUT2D eigenvalue weighted by molar-refractivity contribution is 6.74. The molecule has 0 amide bonds. The van der Waals surface area contributed by atoms with Gasteiger partial charge in [-0.1, -0.05) is 67.0 Å². The van der Waals surface area contributed by atoms with Gasteiger partial charge in [0.25, 0.3) is 0 Å². The van der Waals surface area contributed by atoms with Gasteiger partial charge in [0.15, 0.2) is 8.32 Å². The van der Waals surface area contributed by atoms with Crippen molar-refractivity contribution in [2.24, 2.45) is 5.92 Å². The van der Waals surface area contributed by atoms with Crippen molar-refractivity contribution in [3.05, 3.63) is 35.9 Å². The van der Waals surface area contributed by atoms with E-state index in [2.05, 4.69) is 85.8 Å². The molecule has 0 saturated carbocycles. The van der Waals surface area contributed by atoms with Gasteiger partial charge in [0.1, 0.15) is 17.6 Å². The van der Waals surface area contributed by atoms with Crippen molar-refractivity contribution in [2.75, 3.05) is 6.61 Å². The maximum Gasteiger partial charge on any atom is 0.250 e. The maximum absolute atomic E-state index is 9.63. The molecular weight excluding hydrogens is 480 g/mol. The topological polar surface area (TPSA) is 47.9 Å². The summed E-state index contributed by atoms with van der Waals surface area (Å²) in [5, 5.41) is 9.78. The van der Waals surface area contributed by atoms with Gasteiger partial charge >= 0.3 is 0 Å². The largest absolute Gasteiger partial charge is 0.543 e. The quantitative estimate of drug-likeness (QED) is 0.180. The van der Waals surface area contributed by atoms with Gasteiger partial charge in [-0.3, -0.25) is 0 Å². The number of hydrogen-bond donors (Lipinski definition) is 1. The molecule has 1 aliphatic carbocycles. The van der Waals surface area contributed by atoms with Crippen molar-refractivity contribution in [1.82, 2.24) is 0 Å². The zero-order chi connectivity index (χ0) is 27.0. The highest BCUT2D eigenvalue weighted by atomic mass is 28.4. The summed E-state index contributed by atoms with van der Waals surface area (Å²) in [7, 11) is -3.64. The van der Waals surface area contributed by atoms with E-state index in [1.54, 1.807) is 0 Å². The molecule has 3 unspecified atom stereocenters. The fraction of sp³-hybridized carbons (Fsp3) is 0.733. The van der Waals surface area contributed by atoms with Crippen LogP contribution in [0.25, 0.3) is 0 Å². The first-order valence-electron chi connectivity index (χ1n) is 14.4. The molecule has 206 valence electrons. The summed E-state index contributed by atoms with van der Waals surface area (Å²) >= 11 is 0. The number of rotatable bonds is 15. The van der Waals surface area contributed by atoms with Crippen molar-refractivity contribution < 1.29 is 18.7 Å². The summed E-state index contributed by atoms with van der Waals surface area (Å²) < 4.78 is 20.3. The molecule has 1 N–H and O–H groups in total. The summed E-state index contributed by atoms with van der Waals surface area (Å²) in [4.78, 5) is 0. The van der Waals surface area contributed by atoms with E-state index in [9.17, 15) is 5.11 Å². The molecule has 0 aromatic heterocycles. The fourth-order valence-electron chi connectivity index (χ4n) is 5.05. The Bertz CT molecular complexity index is 818. The normalized spacial score (nSPS) is 19.8. The number of aliphatic hydroxyl groups is 1. The molecule has 0 spiro atoms. The third-order valence-electron chi connectivity index (χ3n) is 8.66. The molecule has 0 aliphatic heterocycles. The van der Waals surface area contributed by atoms with Crippen LogP contribution in [0.1, 0.15) is 80.6 Å². The standard InChI is InChI=1S/C30H54O4Si2/c1-10-16-28(32-24-17-14-18-25(23-24)33-35(8,9)30(5,6)7)27-20-21-29(26(27)19-15-22-31)34-36(11-2,12-3)13-4/h14,17-18,20,23,26,28-29,31H,10-13,15-16,19,21-22H2,1-9H3. The van der Waals surface area contributed by atoms with Gasteiger partial charge < -0.3 is 18.7 Å². The molecule has 3 atom stereocenters. The second-order valence-electron chi connectivity index (χ2n) is 12.0. The first-order chi connectivity index (χ1) is 17.0. The molecule has 0 bridgehead atoms. The predicted octanol–water partition coefficient (Wildman–Crippen LogP) is 8.73. The fourth-order valence-corrected chi connectivity index (χ4v) is 8.97. The van der Waals surface area contributed by atoms with Crippen LogP contribution in [0.4, 0.5) is 0 Å². The highest BCUT2D eigenvalue weighted by Crippen LogP contribution is 2.41. The first kappa shape index (κ1) is 31.1. The van der Waals surface area contributed by atoms with E-state index in [1.807, 2.05) is 6.07 Å². The van der Waals surface area contributed by atoms with E-state index in [0.717, 1.165) is 61.7 Å². The summed E-state index contributed by atoms with van der Waals surface area (Å²) in [5.74, 6) is 2.09. The van der Waals surface area contributed by atoms with E-state index in [0.29, 0.717) is 5.92 Å². The Labute approximate surface area is 224 Å². The van der Waals surface area contributed by atoms with Crippen LogP contribution in [0.2, 0.25) is 36.3 Å². The van der Waals surface area contributed by atoms with Crippen LogP contribution in [0.5, 0.6) is 11.5 Å². The molecule has 0 fully saturated rings. The Kier molecular flexibility index (Phi) is 11.8. The first-order valence-corrected chi connectivity index (χ1v) is 19.8. The zero-order valence-electron chi connectivity index (χ0n) is 24.7. The summed E-state index contributed by atoms with van der Waals surface area (Å²) in [6.45, 7) is 20.7. The molecule has 2 rings (SSSR count). The third kappa shape index (κ3) is 7.96. The van der Waals surface area contributed by atoms with Crippen molar-refractivity contribution in [2.45, 2.75) is 129 Å². The van der Waals surface area contributed by atoms with Crippen LogP contribution < -0.4 is 9.16 Å². The van der Waals surface area contributed by atoms with E-state index in [-0.39, 0.29) is 23.9 Å². The molecule has 0 saturated heterocycles. The minimum Gasteiger partial charge on any atom is -0.543 e. The summed E-state index contributed by atoms with van der Waals surface area (Å²) in [6, 6.07) is 11.7. The van der Waals surface area contributed by atoms with Crippen LogP contribution in [0.3, 0.4) is 0 Å². The van der Waals surface area contributed by atoms with E-state index in [4.69, 9.17) is 13.6 Å². The van der Waals surface area contributed by atoms with Crippen LogP contribution in [-0.2, 0) is 4.43 Å². The SMILES string of the molecule is CCCC(Oc1cccc(O[Si](C)(C)C(C)(C)C)c1)C1=CCC(O[Si](CC)(CC)CC)C1CCCO. The van der Waals surface area contributed by atoms with Crippen LogP contribution in [0.15, 0.2) is 35.9 Å². The van der Waals surface area contributed by atoms with E-state index in [1.165, 1.54) is 5.57 Å². The lowest BCUT2D eigenvalue weighted by Gasteiger charge is -2.37. The molecule has 1 aromatic carbocycles. The molecule has 0 radical (unpaired) electrons. The van der Waals surface area contributed by atoms with Gasteiger partial charge in [0.2, 0.25) is 8.32 Å². The zero-order valence-corrected chi connectivity index (χ0v) is 26.7. The number of benzene rings is 1. The average molecular weight is 535 g/mol. The van der Waals surface area contributed by atoms with Crippen molar-refractivity contribution >= 4 is 16.6 Å². The van der Waals surface area contributed by atoms with Crippen molar-refractivity contribution in [1.29, 1.82) is 0 Å². The lowest BCUT2D eigenvalue weighted by Crippen LogP contribution is -2.43. The number of aliphatic hydroxyl groups excluding tert-OH is 1. The van der Waals surface area contributed by atoms with Gasteiger partial charge in [-0.05, 0) is 79.7 Å². The van der Waals surface area contributed by atoms with Gasteiger partial charge in [-0.15, -0.1) is 0 Å². The Hall–Kier alpha value is -1.09. The average Bonchev–Trinajstić information content (AvgIpc) is 3.22. The smallest absolute Gasteiger partial charge is 0.250 e. The van der Waals surface area contributed by atoms with Crippen LogP contribution in [-0.4, -0.2) is 40.6 Å². The van der Waals surface area contributed by atoms with E-state index < -0.39 is 16.6 Å². The minimum absolute atomic E-state index is 0.0244. The lowest BCUT2D eigenvalue weighted by molar-refractivity contribution is 0.124. The minimum atomic E-state index is -1.92. The summed E-state index contributed by atoms with van der Waals surface area (Å²) in [5.41, 5.74) is 1.37. The molecule has 1 aliphatic rings. The van der Waals surface area contributed by atoms with Crippen LogP contribution >= 0.6 is 0 Å². The second kappa shape index (κ2) is 13.6. The predicted molar refractivity (Wildman–Crippen MR) is 158 cm³/mol. The molecule has 4 nitrogen and oxygen atoms in total. The van der Waals surface area contributed by atoms with Gasteiger partial charge in [-0.2, -0.15) is 0 Å². The highest BCUT2D eigenvalue weighted by Gasteiger charge is 2.41. The van der Waals surface area contributed by atoms with Crippen molar-refractivity contribution in [3.8, 4) is 11.5 Å². The molecule has 1 aromatic rings. The third-order valence-corrected chi connectivity index (χ3v) is 17.7. The Morgan fingerprint density at radius 2 is 1.67 bits per heavy atom. The van der Waals surface area contributed by atoms with Gasteiger partial charge in [-0.25, -0.2) is 0 Å². The molecule has 36 heavy (non-hydrogen) atoms. The van der Waals surface area contributed by atoms with Crippen LogP contribution in [0, 0.1) is 5.92 Å². The molecule has 0 heterocycles. The Morgan fingerprint density at radius 3 is 2.22 bits per heavy atom. The Balaban J connectivity index is 2.26. The van der Waals surface area contributed by atoms with E-state index >= 15 is 0 Å². The monoisotopic (exact) mass is 534 g/mol. The number of hydrogen-bond acceptors (Lipinski definition) is 4. The maximum atomic E-state index is 9.63. The Morgan fingerprint density at radius 1 is 1.03 bits per heavy atom. The van der Waals surface area contributed by atoms with Gasteiger partial charge in [0, 0.05) is 18.6 Å². The second-order valence-corrected chi connectivity index (χ2v) is 21.5. The number of ether oxygens (including phenoxy) is 1. The van der Waals surface area contributed by atoms with Crippen molar-refractivity contribution in [3.63, 3.8) is 0 Å². The molecule has 6 heteroatoms. The lowest BCUT2D eigenvalue weighted by atomic mass is 9.89. The molecular formula is C30H54O4Si2. The van der Waals surface area contributed by atoms with Gasteiger partial charge in [0.05, 0.1) is 6.10 Å².